The first-order valence-corrected chi connectivity index (χ1v) is 12.9. The number of likely N-dealkylation sites (tertiary alicyclic amines) is 1. The van der Waals surface area contributed by atoms with Gasteiger partial charge >= 0.3 is 0 Å². The molecule has 0 radical (unpaired) electrons. The first-order chi connectivity index (χ1) is 17.4. The van der Waals surface area contributed by atoms with Crippen molar-refractivity contribution in [3.8, 4) is 0 Å². The van der Waals surface area contributed by atoms with Gasteiger partial charge in [-0.25, -0.2) is 0 Å². The molecule has 0 bridgehead atoms. The number of hydrogen-bond donors (Lipinski definition) is 1. The number of hydrogen-bond acceptors (Lipinski definition) is 5. The standard InChI is InChI=1S/C28H35N3O5/c1-3-4-14-29-15-9-13-28-22(25(34)31(17-18-32)23(28)26(29)35)21-24(33)30(16-8-12-27(21,2)36-28)19-20-10-6-5-7-11-20/h5-13,21-23,32H,3-4,14-19H2,1-2H3/t21-,22-,23?,27+,28-/m0/s1. The maximum atomic E-state index is 14.1. The number of amides is 3. The van der Waals surface area contributed by atoms with Crippen molar-refractivity contribution in [2.45, 2.75) is 50.5 Å². The zero-order chi connectivity index (χ0) is 25.5. The van der Waals surface area contributed by atoms with E-state index in [1.165, 1.54) is 4.90 Å². The highest BCUT2D eigenvalue weighted by molar-refractivity contribution is 6.00. The fourth-order valence-corrected chi connectivity index (χ4v) is 6.46. The fraction of sp³-hybridized carbons (Fsp3) is 0.536. The number of β-amino-alcohol motifs (C(OH)–C–C–N with tert-alkyl or cyclic N) is 1. The highest BCUT2D eigenvalue weighted by Gasteiger charge is 2.74. The molecule has 4 aliphatic rings. The Bertz CT molecular complexity index is 1090. The molecule has 1 N–H and O–H groups in total. The molecule has 8 nitrogen and oxygen atoms in total. The van der Waals surface area contributed by atoms with Gasteiger partial charge in [-0.3, -0.25) is 14.4 Å². The molecule has 3 amide bonds. The van der Waals surface area contributed by atoms with Crippen LogP contribution in [0.15, 0.2) is 54.6 Å². The Morgan fingerprint density at radius 3 is 2.39 bits per heavy atom. The number of benzene rings is 1. The number of aliphatic hydroxyl groups excluding tert-OH is 1. The minimum atomic E-state index is -1.26. The van der Waals surface area contributed by atoms with Gasteiger partial charge in [-0.2, -0.15) is 0 Å². The van der Waals surface area contributed by atoms with Gasteiger partial charge < -0.3 is 24.5 Å². The summed E-state index contributed by atoms with van der Waals surface area (Å²) in [5, 5.41) is 9.78. The molecular weight excluding hydrogens is 458 g/mol. The molecule has 36 heavy (non-hydrogen) atoms. The lowest BCUT2D eigenvalue weighted by Crippen LogP contribution is -2.56. The molecule has 1 aromatic rings. The third-order valence-electron chi connectivity index (χ3n) is 8.06. The number of carbonyl (C=O) groups excluding carboxylic acids is 3. The molecule has 5 rings (SSSR count). The van der Waals surface area contributed by atoms with Crippen molar-refractivity contribution in [3.63, 3.8) is 0 Å². The average molecular weight is 494 g/mol. The zero-order valence-electron chi connectivity index (χ0n) is 21.0. The van der Waals surface area contributed by atoms with Gasteiger partial charge in [0.1, 0.15) is 11.6 Å². The van der Waals surface area contributed by atoms with Crippen molar-refractivity contribution in [2.75, 3.05) is 32.8 Å². The van der Waals surface area contributed by atoms with Crippen LogP contribution in [0.25, 0.3) is 0 Å². The van der Waals surface area contributed by atoms with Crippen LogP contribution in [0, 0.1) is 11.8 Å². The number of rotatable bonds is 7. The summed E-state index contributed by atoms with van der Waals surface area (Å²) in [5.74, 6) is -2.27. The van der Waals surface area contributed by atoms with Crippen molar-refractivity contribution >= 4 is 17.7 Å². The maximum absolute atomic E-state index is 14.1. The zero-order valence-corrected chi connectivity index (χ0v) is 21.0. The number of carbonyl (C=O) groups is 3. The van der Waals surface area contributed by atoms with Gasteiger partial charge in [0.15, 0.2) is 0 Å². The van der Waals surface area contributed by atoms with Crippen molar-refractivity contribution in [3.05, 3.63) is 60.2 Å². The molecule has 1 unspecified atom stereocenters. The van der Waals surface area contributed by atoms with E-state index in [0.717, 1.165) is 18.4 Å². The van der Waals surface area contributed by atoms with Crippen LogP contribution in [0.2, 0.25) is 0 Å². The van der Waals surface area contributed by atoms with Gasteiger partial charge in [-0.15, -0.1) is 0 Å². The monoisotopic (exact) mass is 493 g/mol. The van der Waals surface area contributed by atoms with Crippen molar-refractivity contribution in [1.82, 2.24) is 14.7 Å². The van der Waals surface area contributed by atoms with Gasteiger partial charge in [0.05, 0.1) is 24.0 Å². The average Bonchev–Trinajstić information content (AvgIpc) is 3.13. The normalized spacial score (nSPS) is 33.5. The SMILES string of the molecule is CCCCN1CC=C[C@]23O[C@]4(C)C=CCN(Cc5ccccc5)C(=O)[C@@H]4[C@H]2C(=O)N(CCO)C3C1=O. The summed E-state index contributed by atoms with van der Waals surface area (Å²) in [6.45, 7) is 5.53. The second-order valence-electron chi connectivity index (χ2n) is 10.4. The van der Waals surface area contributed by atoms with Crippen LogP contribution in [-0.4, -0.2) is 87.6 Å². The summed E-state index contributed by atoms with van der Waals surface area (Å²) in [5.41, 5.74) is -1.29. The minimum absolute atomic E-state index is 0.0213. The lowest BCUT2D eigenvalue weighted by Gasteiger charge is -2.37. The first kappa shape index (κ1) is 24.7. The molecule has 4 heterocycles. The summed E-state index contributed by atoms with van der Waals surface area (Å²) in [6.07, 6.45) is 9.38. The summed E-state index contributed by atoms with van der Waals surface area (Å²) < 4.78 is 6.75. The number of aliphatic hydroxyl groups is 1. The summed E-state index contributed by atoms with van der Waals surface area (Å²) >= 11 is 0. The van der Waals surface area contributed by atoms with Crippen LogP contribution in [0.4, 0.5) is 0 Å². The second kappa shape index (κ2) is 9.48. The summed E-state index contributed by atoms with van der Waals surface area (Å²) in [7, 11) is 0. The van der Waals surface area contributed by atoms with Crippen LogP contribution in [0.3, 0.4) is 0 Å². The predicted octanol–water partition coefficient (Wildman–Crippen LogP) is 1.75. The molecule has 2 saturated heterocycles. The Labute approximate surface area is 212 Å². The van der Waals surface area contributed by atoms with Crippen molar-refractivity contribution < 1.29 is 24.2 Å². The second-order valence-corrected chi connectivity index (χ2v) is 10.4. The lowest BCUT2D eigenvalue weighted by atomic mass is 9.74. The van der Waals surface area contributed by atoms with Crippen molar-refractivity contribution in [1.29, 1.82) is 0 Å². The molecule has 8 heteroatoms. The highest BCUT2D eigenvalue weighted by Crippen LogP contribution is 2.57. The quantitative estimate of drug-likeness (QED) is 0.585. The van der Waals surface area contributed by atoms with E-state index in [4.69, 9.17) is 4.74 Å². The number of unbranched alkanes of at least 4 members (excludes halogenated alkanes) is 1. The molecule has 5 atom stereocenters. The molecule has 2 fully saturated rings. The highest BCUT2D eigenvalue weighted by atomic mass is 16.5. The van der Waals surface area contributed by atoms with E-state index in [2.05, 4.69) is 6.92 Å². The number of ether oxygens (including phenoxy) is 1. The predicted molar refractivity (Wildman–Crippen MR) is 133 cm³/mol. The van der Waals surface area contributed by atoms with Crippen LogP contribution in [0.1, 0.15) is 32.3 Å². The van der Waals surface area contributed by atoms with Gasteiger partial charge in [0.2, 0.25) is 17.7 Å². The molecule has 192 valence electrons. The molecule has 1 aromatic carbocycles. The Balaban J connectivity index is 1.56. The van der Waals surface area contributed by atoms with Gasteiger partial charge in [0, 0.05) is 32.7 Å². The van der Waals surface area contributed by atoms with Crippen LogP contribution >= 0.6 is 0 Å². The smallest absolute Gasteiger partial charge is 0.249 e. The Hall–Kier alpha value is -2.97. The van der Waals surface area contributed by atoms with Gasteiger partial charge in [0.25, 0.3) is 0 Å². The maximum Gasteiger partial charge on any atom is 0.249 e. The minimum Gasteiger partial charge on any atom is -0.395 e. The topological polar surface area (TPSA) is 90.4 Å². The summed E-state index contributed by atoms with van der Waals surface area (Å²) in [6, 6.07) is 8.86. The van der Waals surface area contributed by atoms with E-state index < -0.39 is 29.1 Å². The van der Waals surface area contributed by atoms with E-state index in [1.54, 1.807) is 9.80 Å². The van der Waals surface area contributed by atoms with Crippen LogP contribution < -0.4 is 0 Å². The Morgan fingerprint density at radius 1 is 0.944 bits per heavy atom. The van der Waals surface area contributed by atoms with E-state index >= 15 is 0 Å². The van der Waals surface area contributed by atoms with Crippen LogP contribution in [-0.2, 0) is 25.7 Å². The molecular formula is C28H35N3O5. The molecule has 0 saturated carbocycles. The van der Waals surface area contributed by atoms with E-state index in [9.17, 15) is 19.5 Å². The van der Waals surface area contributed by atoms with E-state index in [1.807, 2.05) is 61.6 Å². The van der Waals surface area contributed by atoms with Crippen LogP contribution in [0.5, 0.6) is 0 Å². The van der Waals surface area contributed by atoms with Gasteiger partial charge in [-0.05, 0) is 18.9 Å². The first-order valence-electron chi connectivity index (χ1n) is 12.9. The fourth-order valence-electron chi connectivity index (χ4n) is 6.46. The van der Waals surface area contributed by atoms with Crippen molar-refractivity contribution in [2.24, 2.45) is 11.8 Å². The Morgan fingerprint density at radius 2 is 1.67 bits per heavy atom. The molecule has 1 spiro atoms. The molecule has 0 aromatic heterocycles. The Kier molecular flexibility index (Phi) is 6.51. The summed E-state index contributed by atoms with van der Waals surface area (Å²) in [4.78, 5) is 46.9. The van der Waals surface area contributed by atoms with E-state index in [0.29, 0.717) is 26.2 Å². The third-order valence-corrected chi connectivity index (χ3v) is 8.06. The molecule has 4 aliphatic heterocycles. The lowest BCUT2D eigenvalue weighted by molar-refractivity contribution is -0.153. The molecule has 0 aliphatic carbocycles. The third kappa shape index (κ3) is 3.78. The largest absolute Gasteiger partial charge is 0.395 e. The van der Waals surface area contributed by atoms with Gasteiger partial charge in [-0.1, -0.05) is 68.0 Å². The number of nitrogens with zero attached hydrogens (tertiary/aromatic N) is 3. The number of fused-ring (bicyclic) bond motifs is 2. The van der Waals surface area contributed by atoms with E-state index in [-0.39, 0.29) is 30.9 Å².